The number of nitriles is 1. The molecule has 0 saturated carbocycles. The fourth-order valence-electron chi connectivity index (χ4n) is 1.66. The molecule has 0 aliphatic heterocycles. The molecule has 0 bridgehead atoms. The van der Waals surface area contributed by atoms with Gasteiger partial charge in [-0.2, -0.15) is 5.26 Å². The second-order valence-corrected chi connectivity index (χ2v) is 5.18. The van der Waals surface area contributed by atoms with Gasteiger partial charge >= 0.3 is 5.97 Å². The second kappa shape index (κ2) is 6.22. The van der Waals surface area contributed by atoms with Crippen LogP contribution in [0.4, 0.5) is 4.39 Å². The van der Waals surface area contributed by atoms with Crippen LogP contribution in [0.3, 0.4) is 0 Å². The lowest BCUT2D eigenvalue weighted by Gasteiger charge is -2.05. The van der Waals surface area contributed by atoms with Crippen molar-refractivity contribution in [2.45, 2.75) is 16.2 Å². The average Bonchev–Trinajstić information content (AvgIpc) is 2.42. The van der Waals surface area contributed by atoms with Gasteiger partial charge in [0.1, 0.15) is 11.9 Å². The molecule has 2 rings (SSSR count). The molecule has 2 aromatic rings. The Morgan fingerprint density at radius 3 is 2.55 bits per heavy atom. The predicted octanol–water partition coefficient (Wildman–Crippen LogP) is 3.48. The summed E-state index contributed by atoms with van der Waals surface area (Å²) < 4.78 is 13.0. The third-order valence-electron chi connectivity index (χ3n) is 2.57. The number of nitrogens with zero attached hydrogens (tertiary/aromatic N) is 1. The van der Waals surface area contributed by atoms with Gasteiger partial charge < -0.3 is 5.11 Å². The summed E-state index contributed by atoms with van der Waals surface area (Å²) in [6.07, 6.45) is -0.0229. The van der Waals surface area contributed by atoms with E-state index in [4.69, 9.17) is 10.4 Å². The summed E-state index contributed by atoms with van der Waals surface area (Å²) in [5, 5.41) is 17.7. The monoisotopic (exact) mass is 287 g/mol. The van der Waals surface area contributed by atoms with E-state index >= 15 is 0 Å². The molecule has 0 unspecified atom stereocenters. The zero-order valence-corrected chi connectivity index (χ0v) is 11.2. The topological polar surface area (TPSA) is 61.1 Å². The van der Waals surface area contributed by atoms with Gasteiger partial charge in [0.25, 0.3) is 0 Å². The van der Waals surface area contributed by atoms with Crippen molar-refractivity contribution in [3.63, 3.8) is 0 Å². The highest BCUT2D eigenvalue weighted by Crippen LogP contribution is 2.30. The highest BCUT2D eigenvalue weighted by atomic mass is 32.2. The number of rotatable bonds is 4. The van der Waals surface area contributed by atoms with Crippen LogP contribution in [0.5, 0.6) is 0 Å². The molecule has 0 saturated heterocycles. The predicted molar refractivity (Wildman–Crippen MR) is 73.0 cm³/mol. The highest BCUT2D eigenvalue weighted by molar-refractivity contribution is 7.99. The Kier molecular flexibility index (Phi) is 4.38. The number of carbonyl (C=O) groups is 1. The van der Waals surface area contributed by atoms with Crippen molar-refractivity contribution in [2.75, 3.05) is 0 Å². The molecule has 0 amide bonds. The lowest BCUT2D eigenvalue weighted by molar-refractivity contribution is -0.136. The van der Waals surface area contributed by atoms with E-state index in [2.05, 4.69) is 0 Å². The van der Waals surface area contributed by atoms with E-state index in [1.165, 1.54) is 23.9 Å². The molecule has 1 N–H and O–H groups in total. The second-order valence-electron chi connectivity index (χ2n) is 4.07. The minimum absolute atomic E-state index is 0.0229. The van der Waals surface area contributed by atoms with Crippen LogP contribution >= 0.6 is 11.8 Å². The van der Waals surface area contributed by atoms with E-state index in [9.17, 15) is 9.18 Å². The zero-order chi connectivity index (χ0) is 14.5. The van der Waals surface area contributed by atoms with Gasteiger partial charge in [0.2, 0.25) is 0 Å². The third kappa shape index (κ3) is 3.59. The van der Waals surface area contributed by atoms with Crippen LogP contribution in [0, 0.1) is 17.1 Å². The number of carboxylic acid groups (broad SMARTS) is 1. The van der Waals surface area contributed by atoms with Gasteiger partial charge in [0.05, 0.1) is 12.0 Å². The fraction of sp³-hybridized carbons (Fsp3) is 0.0667. The van der Waals surface area contributed by atoms with Gasteiger partial charge in [-0.05, 0) is 35.9 Å². The maximum absolute atomic E-state index is 13.0. The van der Waals surface area contributed by atoms with Crippen molar-refractivity contribution in [2.24, 2.45) is 0 Å². The first kappa shape index (κ1) is 14.1. The number of hydrogen-bond acceptors (Lipinski definition) is 3. The van der Waals surface area contributed by atoms with Crippen molar-refractivity contribution >= 4 is 17.7 Å². The molecule has 0 heterocycles. The maximum Gasteiger partial charge on any atom is 0.307 e. The van der Waals surface area contributed by atoms with Gasteiger partial charge in [0, 0.05) is 9.79 Å². The molecule has 100 valence electrons. The van der Waals surface area contributed by atoms with Crippen LogP contribution < -0.4 is 0 Å². The van der Waals surface area contributed by atoms with Gasteiger partial charge in [-0.3, -0.25) is 4.79 Å². The zero-order valence-electron chi connectivity index (χ0n) is 10.3. The molecule has 0 aliphatic rings. The Labute approximate surface area is 119 Å². The Morgan fingerprint density at radius 2 is 1.95 bits per heavy atom. The number of aliphatic carboxylic acids is 1. The summed E-state index contributed by atoms with van der Waals surface area (Å²) in [7, 11) is 0. The van der Waals surface area contributed by atoms with E-state index in [1.54, 1.807) is 30.3 Å². The lowest BCUT2D eigenvalue weighted by Crippen LogP contribution is -1.99. The van der Waals surface area contributed by atoms with Crippen molar-refractivity contribution in [1.29, 1.82) is 5.26 Å². The number of benzene rings is 2. The molecule has 0 atom stereocenters. The molecule has 20 heavy (non-hydrogen) atoms. The molecule has 0 radical (unpaired) electrons. The fourth-order valence-corrected chi connectivity index (χ4v) is 2.53. The van der Waals surface area contributed by atoms with E-state index in [0.29, 0.717) is 10.5 Å². The molecule has 0 aliphatic carbocycles. The summed E-state index contributed by atoms with van der Waals surface area (Å²) in [4.78, 5) is 12.1. The molecule has 0 fully saturated rings. The van der Waals surface area contributed by atoms with Crippen LogP contribution in [-0.4, -0.2) is 11.1 Å². The maximum atomic E-state index is 13.0. The van der Waals surface area contributed by atoms with Gasteiger partial charge in [-0.15, -0.1) is 0 Å². The quantitative estimate of drug-likeness (QED) is 0.935. The van der Waals surface area contributed by atoms with Crippen molar-refractivity contribution in [3.05, 3.63) is 59.4 Å². The first-order chi connectivity index (χ1) is 9.58. The van der Waals surface area contributed by atoms with Crippen LogP contribution in [0.1, 0.15) is 11.1 Å². The van der Waals surface area contributed by atoms with E-state index in [1.807, 2.05) is 6.07 Å². The Bertz CT molecular complexity index is 677. The molecule has 2 aromatic carbocycles. The molecule has 5 heteroatoms. The first-order valence-electron chi connectivity index (χ1n) is 5.77. The largest absolute Gasteiger partial charge is 0.481 e. The summed E-state index contributed by atoms with van der Waals surface area (Å²) in [5.41, 5.74) is 0.992. The standard InChI is InChI=1S/C15H10FNO2S/c16-12-3-6-14(11(8-12)9-17)20-13-4-1-10(2-5-13)7-15(18)19/h1-6,8H,7H2,(H,18,19). The first-order valence-corrected chi connectivity index (χ1v) is 6.58. The van der Waals surface area contributed by atoms with Gasteiger partial charge in [0.15, 0.2) is 0 Å². The van der Waals surface area contributed by atoms with Crippen LogP contribution in [0.15, 0.2) is 52.3 Å². The molecule has 0 spiro atoms. The average molecular weight is 287 g/mol. The van der Waals surface area contributed by atoms with E-state index in [0.717, 1.165) is 4.90 Å². The lowest BCUT2D eigenvalue weighted by atomic mass is 10.2. The number of halogens is 1. The van der Waals surface area contributed by atoms with Crippen molar-refractivity contribution in [3.8, 4) is 6.07 Å². The Morgan fingerprint density at radius 1 is 1.25 bits per heavy atom. The van der Waals surface area contributed by atoms with Gasteiger partial charge in [-0.25, -0.2) is 4.39 Å². The smallest absolute Gasteiger partial charge is 0.307 e. The minimum atomic E-state index is -0.879. The third-order valence-corrected chi connectivity index (χ3v) is 3.65. The normalized spacial score (nSPS) is 10.0. The Balaban J connectivity index is 2.18. The Hall–Kier alpha value is -2.32. The summed E-state index contributed by atoms with van der Waals surface area (Å²) in [6.45, 7) is 0. The molecular weight excluding hydrogens is 277 g/mol. The highest BCUT2D eigenvalue weighted by Gasteiger charge is 2.06. The van der Waals surface area contributed by atoms with Crippen molar-refractivity contribution < 1.29 is 14.3 Å². The van der Waals surface area contributed by atoms with Gasteiger partial charge in [-0.1, -0.05) is 23.9 Å². The van der Waals surface area contributed by atoms with E-state index < -0.39 is 11.8 Å². The molecule has 0 aromatic heterocycles. The summed E-state index contributed by atoms with van der Waals surface area (Å²) >= 11 is 1.34. The van der Waals surface area contributed by atoms with Crippen LogP contribution in [-0.2, 0) is 11.2 Å². The molecular formula is C15H10FNO2S. The van der Waals surface area contributed by atoms with Crippen LogP contribution in [0.25, 0.3) is 0 Å². The summed E-state index contributed by atoms with van der Waals surface area (Å²) in [5.74, 6) is -1.32. The van der Waals surface area contributed by atoms with Crippen molar-refractivity contribution in [1.82, 2.24) is 0 Å². The van der Waals surface area contributed by atoms with Crippen LogP contribution in [0.2, 0.25) is 0 Å². The SMILES string of the molecule is N#Cc1cc(F)ccc1Sc1ccc(CC(=O)O)cc1. The number of hydrogen-bond donors (Lipinski definition) is 1. The minimum Gasteiger partial charge on any atom is -0.481 e. The number of carboxylic acids is 1. The molecule has 3 nitrogen and oxygen atoms in total. The van der Waals surface area contributed by atoms with E-state index in [-0.39, 0.29) is 12.0 Å². The summed E-state index contributed by atoms with van der Waals surface area (Å²) in [6, 6.07) is 13.0.